The molecule has 0 saturated heterocycles. The second kappa shape index (κ2) is 8.12. The molecular formula is C11H18O. The van der Waals surface area contributed by atoms with Gasteiger partial charge >= 0.3 is 0 Å². The van der Waals surface area contributed by atoms with Crippen molar-refractivity contribution in [1.29, 1.82) is 0 Å². The van der Waals surface area contributed by atoms with Crippen LogP contribution in [0.4, 0.5) is 0 Å². The smallest absolute Gasteiger partial charge is 0.0855 e. The number of rotatable bonds is 5. The Hall–Kier alpha value is -0.980. The highest BCUT2D eigenvalue weighted by atomic mass is 16.3. The lowest BCUT2D eigenvalue weighted by Gasteiger charge is -1.85. The van der Waals surface area contributed by atoms with Gasteiger partial charge in [-0.3, -0.25) is 0 Å². The van der Waals surface area contributed by atoms with Crippen molar-refractivity contribution in [3.8, 4) is 0 Å². The van der Waals surface area contributed by atoms with Crippen molar-refractivity contribution in [2.75, 3.05) is 0 Å². The van der Waals surface area contributed by atoms with E-state index >= 15 is 0 Å². The first-order valence-electron chi connectivity index (χ1n) is 4.43. The van der Waals surface area contributed by atoms with E-state index in [1.165, 1.54) is 0 Å². The summed E-state index contributed by atoms with van der Waals surface area (Å²) in [5.74, 6) is 0.392. The highest BCUT2D eigenvalue weighted by Gasteiger charge is 1.76. The van der Waals surface area contributed by atoms with Gasteiger partial charge in [0.2, 0.25) is 0 Å². The zero-order valence-electron chi connectivity index (χ0n) is 7.96. The Morgan fingerprint density at radius 3 is 2.25 bits per heavy atom. The molecule has 0 aliphatic rings. The van der Waals surface area contributed by atoms with Crippen molar-refractivity contribution in [3.05, 3.63) is 36.1 Å². The molecule has 0 saturated carbocycles. The third-order valence-corrected chi connectivity index (χ3v) is 1.39. The minimum absolute atomic E-state index is 0.392. The van der Waals surface area contributed by atoms with E-state index in [9.17, 15) is 0 Å². The standard InChI is InChI=1S/C11H18O/c1-3-4-5-6-7-8-9-10-11(2)12/h4-5,7-8,10,12H,3,6,9H2,1-2H3/b5-4+,8-7+,11-10-. The lowest BCUT2D eigenvalue weighted by molar-refractivity contribution is 0.412. The van der Waals surface area contributed by atoms with Gasteiger partial charge in [0, 0.05) is 0 Å². The maximum absolute atomic E-state index is 8.81. The molecule has 68 valence electrons. The molecule has 12 heavy (non-hydrogen) atoms. The molecule has 0 heterocycles. The molecule has 0 spiro atoms. The summed E-state index contributed by atoms with van der Waals surface area (Å²) in [5, 5.41) is 8.81. The molecule has 1 heteroatoms. The minimum atomic E-state index is 0.392. The number of allylic oxidation sites excluding steroid dienone is 6. The van der Waals surface area contributed by atoms with Crippen LogP contribution in [0.2, 0.25) is 0 Å². The highest BCUT2D eigenvalue weighted by molar-refractivity contribution is 4.98. The molecular weight excluding hydrogens is 148 g/mol. The molecule has 0 aliphatic carbocycles. The molecule has 0 aliphatic heterocycles. The van der Waals surface area contributed by atoms with Gasteiger partial charge in [0.25, 0.3) is 0 Å². The molecule has 0 rings (SSSR count). The van der Waals surface area contributed by atoms with E-state index in [1.54, 1.807) is 13.0 Å². The molecule has 1 nitrogen and oxygen atoms in total. The Labute approximate surface area is 75.1 Å². The average molecular weight is 166 g/mol. The van der Waals surface area contributed by atoms with Gasteiger partial charge in [0.05, 0.1) is 5.76 Å². The van der Waals surface area contributed by atoms with Crippen molar-refractivity contribution in [3.63, 3.8) is 0 Å². The Morgan fingerprint density at radius 1 is 1.08 bits per heavy atom. The lowest BCUT2D eigenvalue weighted by Crippen LogP contribution is -1.68. The molecule has 0 fully saturated rings. The summed E-state index contributed by atoms with van der Waals surface area (Å²) in [6, 6.07) is 0. The Morgan fingerprint density at radius 2 is 1.67 bits per heavy atom. The molecule has 0 bridgehead atoms. The van der Waals surface area contributed by atoms with Crippen molar-refractivity contribution >= 4 is 0 Å². The zero-order chi connectivity index (χ0) is 9.23. The van der Waals surface area contributed by atoms with E-state index in [2.05, 4.69) is 31.2 Å². The summed E-state index contributed by atoms with van der Waals surface area (Å²) in [7, 11) is 0. The Kier molecular flexibility index (Phi) is 7.46. The quantitative estimate of drug-likeness (QED) is 0.487. The topological polar surface area (TPSA) is 20.2 Å². The van der Waals surface area contributed by atoms with Gasteiger partial charge in [-0.15, -0.1) is 0 Å². The fourth-order valence-corrected chi connectivity index (χ4v) is 0.773. The molecule has 0 amide bonds. The molecule has 0 aromatic carbocycles. The fourth-order valence-electron chi connectivity index (χ4n) is 0.773. The summed E-state index contributed by atoms with van der Waals surface area (Å²) in [4.78, 5) is 0. The predicted octanol–water partition coefficient (Wildman–Crippen LogP) is 3.75. The predicted molar refractivity (Wildman–Crippen MR) is 54.2 cm³/mol. The van der Waals surface area contributed by atoms with Crippen LogP contribution in [0.25, 0.3) is 0 Å². The van der Waals surface area contributed by atoms with Crippen LogP contribution < -0.4 is 0 Å². The van der Waals surface area contributed by atoms with E-state index in [1.807, 2.05) is 0 Å². The second-order valence-corrected chi connectivity index (χ2v) is 2.67. The lowest BCUT2D eigenvalue weighted by atomic mass is 10.3. The van der Waals surface area contributed by atoms with E-state index < -0.39 is 0 Å². The fraction of sp³-hybridized carbons (Fsp3) is 0.455. The number of hydrogen-bond acceptors (Lipinski definition) is 1. The maximum Gasteiger partial charge on any atom is 0.0855 e. The number of hydrogen-bond donors (Lipinski definition) is 1. The van der Waals surface area contributed by atoms with Gasteiger partial charge in [0.15, 0.2) is 0 Å². The van der Waals surface area contributed by atoms with E-state index in [-0.39, 0.29) is 0 Å². The van der Waals surface area contributed by atoms with Gasteiger partial charge < -0.3 is 5.11 Å². The van der Waals surface area contributed by atoms with E-state index in [4.69, 9.17) is 5.11 Å². The summed E-state index contributed by atoms with van der Waals surface area (Å²) < 4.78 is 0. The first-order chi connectivity index (χ1) is 5.77. The second-order valence-electron chi connectivity index (χ2n) is 2.67. The van der Waals surface area contributed by atoms with E-state index in [0.29, 0.717) is 5.76 Å². The van der Waals surface area contributed by atoms with Crippen LogP contribution in [0.5, 0.6) is 0 Å². The van der Waals surface area contributed by atoms with Crippen LogP contribution in [0.3, 0.4) is 0 Å². The van der Waals surface area contributed by atoms with Gasteiger partial charge in [-0.05, 0) is 32.3 Å². The molecule has 0 aromatic rings. The van der Waals surface area contributed by atoms with Crippen LogP contribution in [-0.4, -0.2) is 5.11 Å². The molecule has 0 aromatic heterocycles. The van der Waals surface area contributed by atoms with Crippen LogP contribution in [0, 0.1) is 0 Å². The third-order valence-electron chi connectivity index (χ3n) is 1.39. The third kappa shape index (κ3) is 9.02. The summed E-state index contributed by atoms with van der Waals surface area (Å²) in [6.45, 7) is 3.81. The zero-order valence-corrected chi connectivity index (χ0v) is 7.96. The number of aliphatic hydroxyl groups is 1. The van der Waals surface area contributed by atoms with Gasteiger partial charge in [0.1, 0.15) is 0 Å². The summed E-state index contributed by atoms with van der Waals surface area (Å²) in [5.41, 5.74) is 0. The van der Waals surface area contributed by atoms with Gasteiger partial charge in [-0.1, -0.05) is 31.2 Å². The first-order valence-corrected chi connectivity index (χ1v) is 4.43. The number of aliphatic hydroxyl groups excluding tert-OH is 1. The summed E-state index contributed by atoms with van der Waals surface area (Å²) >= 11 is 0. The Balaban J connectivity index is 3.38. The van der Waals surface area contributed by atoms with Crippen LogP contribution in [-0.2, 0) is 0 Å². The monoisotopic (exact) mass is 166 g/mol. The van der Waals surface area contributed by atoms with Crippen molar-refractivity contribution in [2.24, 2.45) is 0 Å². The minimum Gasteiger partial charge on any atom is -0.513 e. The molecule has 0 atom stereocenters. The van der Waals surface area contributed by atoms with Crippen molar-refractivity contribution < 1.29 is 5.11 Å². The van der Waals surface area contributed by atoms with Gasteiger partial charge in [-0.25, -0.2) is 0 Å². The normalized spacial score (nSPS) is 13.3. The molecule has 0 radical (unpaired) electrons. The first kappa shape index (κ1) is 11.0. The largest absolute Gasteiger partial charge is 0.513 e. The molecule has 0 unspecified atom stereocenters. The van der Waals surface area contributed by atoms with E-state index in [0.717, 1.165) is 19.3 Å². The van der Waals surface area contributed by atoms with Crippen molar-refractivity contribution in [1.82, 2.24) is 0 Å². The maximum atomic E-state index is 8.81. The van der Waals surface area contributed by atoms with Gasteiger partial charge in [-0.2, -0.15) is 0 Å². The van der Waals surface area contributed by atoms with Crippen LogP contribution >= 0.6 is 0 Å². The van der Waals surface area contributed by atoms with Crippen molar-refractivity contribution in [2.45, 2.75) is 33.1 Å². The average Bonchev–Trinajstić information content (AvgIpc) is 2.02. The SMILES string of the molecule is CC/C=C/C/C=C/C/C=C(/C)O. The summed E-state index contributed by atoms with van der Waals surface area (Å²) in [6.07, 6.45) is 13.2. The highest BCUT2D eigenvalue weighted by Crippen LogP contribution is 1.94. The molecule has 1 N–H and O–H groups in total. The van der Waals surface area contributed by atoms with Crippen LogP contribution in [0.1, 0.15) is 33.1 Å². The Bertz CT molecular complexity index is 171. The van der Waals surface area contributed by atoms with Crippen LogP contribution in [0.15, 0.2) is 36.1 Å².